The van der Waals surface area contributed by atoms with Gasteiger partial charge < -0.3 is 19.5 Å². The average Bonchev–Trinajstić information content (AvgIpc) is 2.73. The van der Waals surface area contributed by atoms with E-state index in [1.54, 1.807) is 6.07 Å². The van der Waals surface area contributed by atoms with E-state index in [9.17, 15) is 9.59 Å². The van der Waals surface area contributed by atoms with Crippen LogP contribution in [0.25, 0.3) is 10.8 Å². The highest BCUT2D eigenvalue weighted by Gasteiger charge is 2.22. The first-order chi connectivity index (χ1) is 13.9. The molecule has 7 heteroatoms. The molecule has 0 radical (unpaired) electrons. The summed E-state index contributed by atoms with van der Waals surface area (Å²) in [5, 5.41) is 4.90. The number of ether oxygens (including phenoxy) is 3. The lowest BCUT2D eigenvalue weighted by Crippen LogP contribution is -2.30. The summed E-state index contributed by atoms with van der Waals surface area (Å²) in [7, 11) is 2.88. The fourth-order valence-corrected chi connectivity index (χ4v) is 3.17. The van der Waals surface area contributed by atoms with Gasteiger partial charge in [0.05, 0.1) is 24.8 Å². The van der Waals surface area contributed by atoms with E-state index in [1.807, 2.05) is 36.4 Å². The van der Waals surface area contributed by atoms with E-state index < -0.39 is 18.0 Å². The van der Waals surface area contributed by atoms with Crippen LogP contribution in [0.4, 0.5) is 5.69 Å². The Bertz CT molecular complexity index is 1060. The second kappa shape index (κ2) is 8.84. The third-order valence-corrected chi connectivity index (χ3v) is 4.65. The summed E-state index contributed by atoms with van der Waals surface area (Å²) in [5.41, 5.74) is 0.794. The molecule has 3 aromatic rings. The summed E-state index contributed by atoms with van der Waals surface area (Å²) in [6.07, 6.45) is -1.02. The van der Waals surface area contributed by atoms with E-state index in [0.717, 1.165) is 10.8 Å². The Balaban J connectivity index is 1.74. The molecule has 0 heterocycles. The monoisotopic (exact) mass is 413 g/mol. The number of esters is 1. The fourth-order valence-electron chi connectivity index (χ4n) is 2.89. The van der Waals surface area contributed by atoms with Gasteiger partial charge in [-0.25, -0.2) is 4.79 Å². The molecule has 150 valence electrons. The second-order valence-electron chi connectivity index (χ2n) is 6.26. The fraction of sp³-hybridized carbons (Fsp3) is 0.182. The van der Waals surface area contributed by atoms with E-state index in [4.69, 9.17) is 25.8 Å². The zero-order valence-electron chi connectivity index (χ0n) is 16.2. The third kappa shape index (κ3) is 4.43. The van der Waals surface area contributed by atoms with Crippen molar-refractivity contribution in [2.24, 2.45) is 0 Å². The van der Waals surface area contributed by atoms with Gasteiger partial charge in [-0.3, -0.25) is 4.79 Å². The number of benzene rings is 3. The number of hydrogen-bond donors (Lipinski definition) is 1. The van der Waals surface area contributed by atoms with Gasteiger partial charge in [0.1, 0.15) is 0 Å². The summed E-state index contributed by atoms with van der Waals surface area (Å²) < 4.78 is 15.6. The zero-order chi connectivity index (χ0) is 21.0. The summed E-state index contributed by atoms with van der Waals surface area (Å²) >= 11 is 6.13. The molecule has 1 atom stereocenters. The molecule has 1 amide bonds. The van der Waals surface area contributed by atoms with Crippen molar-refractivity contribution in [3.05, 3.63) is 65.2 Å². The first-order valence-corrected chi connectivity index (χ1v) is 9.23. The van der Waals surface area contributed by atoms with Crippen molar-refractivity contribution in [1.82, 2.24) is 0 Å². The number of rotatable bonds is 6. The lowest BCUT2D eigenvalue weighted by atomic mass is 10.1. The number of carbonyl (C=O) groups is 2. The van der Waals surface area contributed by atoms with E-state index >= 15 is 0 Å². The minimum atomic E-state index is -1.02. The van der Waals surface area contributed by atoms with Crippen molar-refractivity contribution < 1.29 is 23.8 Å². The van der Waals surface area contributed by atoms with Crippen molar-refractivity contribution >= 4 is 39.9 Å². The summed E-state index contributed by atoms with van der Waals surface area (Å²) in [4.78, 5) is 25.0. The maximum Gasteiger partial charge on any atom is 0.339 e. The highest BCUT2D eigenvalue weighted by Crippen LogP contribution is 2.36. The van der Waals surface area contributed by atoms with Crippen molar-refractivity contribution in [3.8, 4) is 11.5 Å². The number of methoxy groups -OCH3 is 2. The first kappa shape index (κ1) is 20.5. The molecule has 0 fully saturated rings. The first-order valence-electron chi connectivity index (χ1n) is 8.85. The molecule has 6 nitrogen and oxygen atoms in total. The number of amides is 1. The molecule has 0 unspecified atom stereocenters. The van der Waals surface area contributed by atoms with Crippen LogP contribution in [0.3, 0.4) is 0 Å². The quantitative estimate of drug-likeness (QED) is 0.593. The van der Waals surface area contributed by atoms with Gasteiger partial charge in [-0.2, -0.15) is 0 Å². The largest absolute Gasteiger partial charge is 0.493 e. The molecule has 0 saturated carbocycles. The Morgan fingerprint density at radius 1 is 1.00 bits per heavy atom. The number of carbonyl (C=O) groups excluding carboxylic acids is 2. The smallest absolute Gasteiger partial charge is 0.339 e. The Kier molecular flexibility index (Phi) is 6.24. The van der Waals surface area contributed by atoms with E-state index in [0.29, 0.717) is 17.2 Å². The van der Waals surface area contributed by atoms with Crippen LogP contribution in [0.2, 0.25) is 5.02 Å². The number of fused-ring (bicyclic) bond motifs is 1. The minimum absolute atomic E-state index is 0.150. The van der Waals surface area contributed by atoms with Crippen LogP contribution in [0.5, 0.6) is 11.5 Å². The van der Waals surface area contributed by atoms with Crippen LogP contribution >= 0.6 is 11.6 Å². The van der Waals surface area contributed by atoms with E-state index in [1.165, 1.54) is 33.3 Å². The number of nitrogens with one attached hydrogen (secondary N) is 1. The van der Waals surface area contributed by atoms with Gasteiger partial charge in [0.15, 0.2) is 17.6 Å². The van der Waals surface area contributed by atoms with Crippen LogP contribution < -0.4 is 14.8 Å². The van der Waals surface area contributed by atoms with Gasteiger partial charge in [-0.05, 0) is 30.5 Å². The predicted molar refractivity (Wildman–Crippen MR) is 112 cm³/mol. The van der Waals surface area contributed by atoms with Crippen LogP contribution in [0, 0.1) is 0 Å². The maximum absolute atomic E-state index is 12.6. The number of halogens is 1. The molecule has 1 N–H and O–H groups in total. The van der Waals surface area contributed by atoms with Crippen LogP contribution in [0.1, 0.15) is 17.3 Å². The molecule has 0 aliphatic rings. The number of anilines is 1. The Morgan fingerprint density at radius 2 is 1.72 bits per heavy atom. The lowest BCUT2D eigenvalue weighted by molar-refractivity contribution is -0.123. The minimum Gasteiger partial charge on any atom is -0.493 e. The molecule has 29 heavy (non-hydrogen) atoms. The second-order valence-corrected chi connectivity index (χ2v) is 6.66. The average molecular weight is 414 g/mol. The number of hydrogen-bond acceptors (Lipinski definition) is 5. The molecule has 0 aromatic heterocycles. The van der Waals surface area contributed by atoms with Crippen LogP contribution in [-0.2, 0) is 9.53 Å². The molecular weight excluding hydrogens is 394 g/mol. The van der Waals surface area contributed by atoms with Crippen molar-refractivity contribution in [1.29, 1.82) is 0 Å². The Labute approximate surface area is 173 Å². The van der Waals surface area contributed by atoms with E-state index in [-0.39, 0.29) is 10.6 Å². The van der Waals surface area contributed by atoms with Gasteiger partial charge in [-0.15, -0.1) is 0 Å². The molecule has 3 aromatic carbocycles. The summed E-state index contributed by atoms with van der Waals surface area (Å²) in [6, 6.07) is 16.1. The van der Waals surface area contributed by atoms with Crippen molar-refractivity contribution in [2.45, 2.75) is 13.0 Å². The van der Waals surface area contributed by atoms with Gasteiger partial charge in [0, 0.05) is 11.1 Å². The van der Waals surface area contributed by atoms with Gasteiger partial charge >= 0.3 is 5.97 Å². The molecule has 0 spiro atoms. The topological polar surface area (TPSA) is 73.9 Å². The maximum atomic E-state index is 12.6. The predicted octanol–water partition coefficient (Wildman–Crippen LogP) is 4.69. The van der Waals surface area contributed by atoms with Crippen molar-refractivity contribution in [2.75, 3.05) is 19.5 Å². The van der Waals surface area contributed by atoms with E-state index in [2.05, 4.69) is 5.32 Å². The third-order valence-electron chi connectivity index (χ3n) is 4.37. The molecular formula is C22H20ClNO5. The normalized spacial score (nSPS) is 11.6. The molecule has 0 aliphatic carbocycles. The zero-order valence-corrected chi connectivity index (χ0v) is 16.9. The van der Waals surface area contributed by atoms with Gasteiger partial charge in [0.2, 0.25) is 0 Å². The Hall–Kier alpha value is -3.25. The molecule has 0 saturated heterocycles. The Morgan fingerprint density at radius 3 is 2.45 bits per heavy atom. The van der Waals surface area contributed by atoms with Gasteiger partial charge in [0.25, 0.3) is 5.91 Å². The lowest BCUT2D eigenvalue weighted by Gasteiger charge is -2.16. The molecule has 0 bridgehead atoms. The standard InChI is InChI=1S/C22H20ClNO5/c1-13(21(25)24-18-10-6-8-14-7-4-5-9-16(14)18)29-22(26)15-11-17(23)20(28-3)19(12-15)27-2/h4-13H,1-3H3,(H,24,25)/t13-/m1/s1. The highest BCUT2D eigenvalue weighted by atomic mass is 35.5. The summed E-state index contributed by atoms with van der Waals surface area (Å²) in [6.45, 7) is 1.50. The van der Waals surface area contributed by atoms with Gasteiger partial charge in [-0.1, -0.05) is 48.0 Å². The van der Waals surface area contributed by atoms with Crippen LogP contribution in [0.15, 0.2) is 54.6 Å². The molecule has 0 aliphatic heterocycles. The SMILES string of the molecule is COc1cc(C(=O)O[C@H](C)C(=O)Nc2cccc3ccccc23)cc(Cl)c1OC. The summed E-state index contributed by atoms with van der Waals surface area (Å²) in [5.74, 6) is -0.540. The van der Waals surface area contributed by atoms with Crippen LogP contribution in [-0.4, -0.2) is 32.2 Å². The van der Waals surface area contributed by atoms with Crippen molar-refractivity contribution in [3.63, 3.8) is 0 Å². The molecule has 3 rings (SSSR count). The highest BCUT2D eigenvalue weighted by molar-refractivity contribution is 6.32.